The second-order valence-electron chi connectivity index (χ2n) is 10.6. The summed E-state index contributed by atoms with van der Waals surface area (Å²) >= 11 is 0. The average molecular weight is 503 g/mol. The summed E-state index contributed by atoms with van der Waals surface area (Å²) in [5.41, 5.74) is 5.51. The molecule has 3 heterocycles. The van der Waals surface area contributed by atoms with Gasteiger partial charge in [0.1, 0.15) is 6.04 Å². The molecule has 0 radical (unpaired) electrons. The molecule has 3 aliphatic heterocycles. The molecular formula is C30H38N4O3. The number of unbranched alkanes of at least 4 members (excludes halogenated alkanes) is 1. The summed E-state index contributed by atoms with van der Waals surface area (Å²) in [6.07, 6.45) is 4.97. The van der Waals surface area contributed by atoms with Crippen LogP contribution < -0.4 is 5.32 Å². The maximum absolute atomic E-state index is 13.1. The van der Waals surface area contributed by atoms with Gasteiger partial charge in [0.2, 0.25) is 11.8 Å². The molecule has 0 aromatic heterocycles. The van der Waals surface area contributed by atoms with Gasteiger partial charge in [-0.05, 0) is 60.5 Å². The lowest BCUT2D eigenvalue weighted by Crippen LogP contribution is -2.52. The van der Waals surface area contributed by atoms with Crippen molar-refractivity contribution in [1.82, 2.24) is 20.0 Å². The van der Waals surface area contributed by atoms with Crippen molar-refractivity contribution in [3.05, 3.63) is 70.3 Å². The van der Waals surface area contributed by atoms with Crippen LogP contribution in [0.25, 0.3) is 0 Å². The molecule has 0 bridgehead atoms. The Morgan fingerprint density at radius 2 is 1.62 bits per heavy atom. The van der Waals surface area contributed by atoms with Crippen LogP contribution in [0.2, 0.25) is 0 Å². The molecule has 3 aliphatic rings. The van der Waals surface area contributed by atoms with Crippen LogP contribution in [0.5, 0.6) is 0 Å². The Morgan fingerprint density at radius 3 is 2.35 bits per heavy atom. The number of carbonyl (C=O) groups excluding carboxylic acids is 3. The van der Waals surface area contributed by atoms with Gasteiger partial charge in [0.05, 0.1) is 0 Å². The number of rotatable bonds is 9. The predicted octanol–water partition coefficient (Wildman–Crippen LogP) is 3.15. The Kier molecular flexibility index (Phi) is 8.01. The van der Waals surface area contributed by atoms with E-state index in [4.69, 9.17) is 0 Å². The van der Waals surface area contributed by atoms with Crippen LogP contribution in [-0.4, -0.2) is 71.2 Å². The minimum atomic E-state index is -0.572. The number of benzene rings is 2. The largest absolute Gasteiger partial charge is 0.322 e. The van der Waals surface area contributed by atoms with Crippen LogP contribution in [0.1, 0.15) is 65.2 Å². The van der Waals surface area contributed by atoms with E-state index in [1.54, 1.807) is 4.90 Å². The van der Waals surface area contributed by atoms with Gasteiger partial charge in [-0.3, -0.25) is 24.6 Å². The molecular weight excluding hydrogens is 464 g/mol. The van der Waals surface area contributed by atoms with E-state index in [2.05, 4.69) is 52.4 Å². The molecule has 0 spiro atoms. The maximum Gasteiger partial charge on any atom is 0.255 e. The maximum atomic E-state index is 13.1. The number of amides is 3. The summed E-state index contributed by atoms with van der Waals surface area (Å²) in [5, 5.41) is 2.38. The van der Waals surface area contributed by atoms with E-state index < -0.39 is 6.04 Å². The first kappa shape index (κ1) is 25.6. The summed E-state index contributed by atoms with van der Waals surface area (Å²) in [7, 11) is 0. The lowest BCUT2D eigenvalue weighted by atomic mass is 9.97. The van der Waals surface area contributed by atoms with E-state index in [1.165, 1.54) is 43.6 Å². The highest BCUT2D eigenvalue weighted by atomic mass is 16.2. The van der Waals surface area contributed by atoms with Crippen molar-refractivity contribution < 1.29 is 14.4 Å². The summed E-state index contributed by atoms with van der Waals surface area (Å²) in [6.45, 7) is 9.54. The fourth-order valence-electron chi connectivity index (χ4n) is 5.79. The predicted molar refractivity (Wildman–Crippen MR) is 143 cm³/mol. The van der Waals surface area contributed by atoms with E-state index in [9.17, 15) is 14.4 Å². The van der Waals surface area contributed by atoms with Crippen molar-refractivity contribution in [2.45, 2.75) is 64.6 Å². The van der Waals surface area contributed by atoms with Crippen molar-refractivity contribution in [3.63, 3.8) is 0 Å². The Labute approximate surface area is 219 Å². The number of piperidine rings is 1. The first-order valence-corrected chi connectivity index (χ1v) is 13.8. The van der Waals surface area contributed by atoms with Crippen LogP contribution in [0.3, 0.4) is 0 Å². The summed E-state index contributed by atoms with van der Waals surface area (Å²) < 4.78 is 0. The second kappa shape index (κ2) is 11.6. The summed E-state index contributed by atoms with van der Waals surface area (Å²) in [5.74, 6) is -0.735. The first-order valence-electron chi connectivity index (χ1n) is 13.8. The molecule has 2 aromatic carbocycles. The number of nitrogens with zero attached hydrogens (tertiary/aromatic N) is 3. The number of carbonyl (C=O) groups is 3. The van der Waals surface area contributed by atoms with Gasteiger partial charge in [-0.1, -0.05) is 49.7 Å². The van der Waals surface area contributed by atoms with Crippen molar-refractivity contribution >= 4 is 17.7 Å². The lowest BCUT2D eigenvalue weighted by molar-refractivity contribution is -0.136. The summed E-state index contributed by atoms with van der Waals surface area (Å²) in [4.78, 5) is 43.7. The van der Waals surface area contributed by atoms with Gasteiger partial charge in [0, 0.05) is 51.3 Å². The quantitative estimate of drug-likeness (QED) is 0.534. The fraction of sp³-hybridized carbons (Fsp3) is 0.500. The Bertz CT molecular complexity index is 1140. The molecule has 2 aromatic rings. The average Bonchev–Trinajstić information content (AvgIpc) is 3.24. The number of fused-ring (bicyclic) bond motifs is 1. The molecule has 1 unspecified atom stereocenters. The van der Waals surface area contributed by atoms with E-state index in [-0.39, 0.29) is 24.1 Å². The Morgan fingerprint density at radius 1 is 0.892 bits per heavy atom. The van der Waals surface area contributed by atoms with Gasteiger partial charge in [-0.15, -0.1) is 0 Å². The molecule has 5 rings (SSSR count). The third-order valence-corrected chi connectivity index (χ3v) is 8.08. The molecule has 196 valence electrons. The molecule has 2 saturated heterocycles. The van der Waals surface area contributed by atoms with Crippen molar-refractivity contribution in [1.29, 1.82) is 0 Å². The van der Waals surface area contributed by atoms with Gasteiger partial charge in [-0.25, -0.2) is 0 Å². The third-order valence-electron chi connectivity index (χ3n) is 8.08. The number of hydrogen-bond acceptors (Lipinski definition) is 5. The first-order chi connectivity index (χ1) is 18.0. The number of nitrogens with one attached hydrogen (secondary N) is 1. The van der Waals surface area contributed by atoms with Crippen molar-refractivity contribution in [2.75, 3.05) is 32.7 Å². The van der Waals surface area contributed by atoms with Gasteiger partial charge < -0.3 is 9.80 Å². The zero-order valence-corrected chi connectivity index (χ0v) is 21.9. The smallest absolute Gasteiger partial charge is 0.255 e. The molecule has 2 fully saturated rings. The van der Waals surface area contributed by atoms with Crippen molar-refractivity contribution in [3.8, 4) is 0 Å². The van der Waals surface area contributed by atoms with Crippen LogP contribution in [0, 0.1) is 0 Å². The number of imide groups is 1. The SMILES string of the molecule is CCCCN1CCN(Cc2ccc(CCc3cccc4c3CN(C3CCC(=O)NC3=O)C4=O)cc2)CC1. The van der Waals surface area contributed by atoms with Gasteiger partial charge in [-0.2, -0.15) is 0 Å². The van der Waals surface area contributed by atoms with E-state index >= 15 is 0 Å². The van der Waals surface area contributed by atoms with Crippen LogP contribution in [0.15, 0.2) is 42.5 Å². The fourth-order valence-corrected chi connectivity index (χ4v) is 5.79. The van der Waals surface area contributed by atoms with Gasteiger partial charge in [0.25, 0.3) is 5.91 Å². The van der Waals surface area contributed by atoms with Gasteiger partial charge in [0.15, 0.2) is 0 Å². The standard InChI is InChI=1S/C30H38N4O3/c1-2-3-15-32-16-18-33(19-17-32)20-23-9-7-22(8-10-23)11-12-24-5-4-6-25-26(24)21-34(30(25)37)27-13-14-28(35)31-29(27)36/h4-10,27H,2-3,11-21H2,1H3,(H,31,35,36). The normalized spacial score (nSPS) is 20.8. The van der Waals surface area contributed by atoms with E-state index in [0.717, 1.165) is 43.6 Å². The highest BCUT2D eigenvalue weighted by Gasteiger charge is 2.39. The monoisotopic (exact) mass is 502 g/mol. The highest BCUT2D eigenvalue weighted by Crippen LogP contribution is 2.30. The number of piperazine rings is 1. The number of aryl methyl sites for hydroxylation is 2. The van der Waals surface area contributed by atoms with E-state index in [0.29, 0.717) is 18.5 Å². The van der Waals surface area contributed by atoms with E-state index in [1.807, 2.05) is 12.1 Å². The lowest BCUT2D eigenvalue weighted by Gasteiger charge is -2.34. The minimum absolute atomic E-state index is 0.109. The molecule has 37 heavy (non-hydrogen) atoms. The molecule has 7 heteroatoms. The van der Waals surface area contributed by atoms with Crippen LogP contribution >= 0.6 is 0 Å². The molecule has 7 nitrogen and oxygen atoms in total. The zero-order chi connectivity index (χ0) is 25.8. The topological polar surface area (TPSA) is 73.0 Å². The molecule has 1 N–H and O–H groups in total. The zero-order valence-electron chi connectivity index (χ0n) is 21.9. The summed E-state index contributed by atoms with van der Waals surface area (Å²) in [6, 6.07) is 14.3. The third kappa shape index (κ3) is 5.94. The van der Waals surface area contributed by atoms with Crippen LogP contribution in [-0.2, 0) is 35.5 Å². The molecule has 0 aliphatic carbocycles. The highest BCUT2D eigenvalue weighted by molar-refractivity contribution is 6.05. The molecule has 3 amide bonds. The molecule has 0 saturated carbocycles. The van der Waals surface area contributed by atoms with Crippen LogP contribution in [0.4, 0.5) is 0 Å². The number of hydrogen-bond donors (Lipinski definition) is 1. The second-order valence-corrected chi connectivity index (χ2v) is 10.6. The minimum Gasteiger partial charge on any atom is -0.322 e. The van der Waals surface area contributed by atoms with Crippen molar-refractivity contribution in [2.24, 2.45) is 0 Å². The van der Waals surface area contributed by atoms with Gasteiger partial charge >= 0.3 is 0 Å². The molecule has 1 atom stereocenters. The Hall–Kier alpha value is -3.03. The Balaban J connectivity index is 1.15.